The van der Waals surface area contributed by atoms with Crippen molar-refractivity contribution in [2.24, 2.45) is 5.41 Å². The van der Waals surface area contributed by atoms with E-state index in [4.69, 9.17) is 9.47 Å². The van der Waals surface area contributed by atoms with Crippen molar-refractivity contribution in [3.05, 3.63) is 23.8 Å². The second-order valence-electron chi connectivity index (χ2n) is 5.21. The number of rotatable bonds is 3. The predicted molar refractivity (Wildman–Crippen MR) is 66.7 cm³/mol. The standard InChI is InChI=1S/C14H19NO2/c1-15-7-4-11-2-3-12-13(8-11)17-10-14(5-6-14)9-16-12/h2-3,8,15H,4-7,9-10H2,1H3. The van der Waals surface area contributed by atoms with E-state index in [2.05, 4.69) is 17.4 Å². The number of nitrogens with one attached hydrogen (secondary N) is 1. The molecule has 1 aliphatic heterocycles. The minimum absolute atomic E-state index is 0.324. The summed E-state index contributed by atoms with van der Waals surface area (Å²) < 4.78 is 11.7. The van der Waals surface area contributed by atoms with E-state index in [9.17, 15) is 0 Å². The van der Waals surface area contributed by atoms with Crippen molar-refractivity contribution in [1.82, 2.24) is 5.32 Å². The molecule has 1 saturated carbocycles. The molecule has 0 amide bonds. The lowest BCUT2D eigenvalue weighted by Crippen LogP contribution is -2.17. The fourth-order valence-corrected chi connectivity index (χ4v) is 2.18. The Morgan fingerprint density at radius 2 is 1.94 bits per heavy atom. The Bertz CT molecular complexity index is 413. The summed E-state index contributed by atoms with van der Waals surface area (Å²) in [7, 11) is 1.97. The normalized spacial score (nSPS) is 20.1. The smallest absolute Gasteiger partial charge is 0.161 e. The number of hydrogen-bond donors (Lipinski definition) is 1. The molecule has 0 unspecified atom stereocenters. The minimum atomic E-state index is 0.324. The number of ether oxygens (including phenoxy) is 2. The lowest BCUT2D eigenvalue weighted by molar-refractivity contribution is 0.197. The molecule has 2 aliphatic rings. The van der Waals surface area contributed by atoms with Crippen molar-refractivity contribution in [2.45, 2.75) is 19.3 Å². The molecule has 1 spiro atoms. The van der Waals surface area contributed by atoms with Crippen LogP contribution in [0.25, 0.3) is 0 Å². The van der Waals surface area contributed by atoms with E-state index in [0.29, 0.717) is 5.41 Å². The third-order valence-electron chi connectivity index (χ3n) is 3.70. The summed E-state index contributed by atoms with van der Waals surface area (Å²) in [5.41, 5.74) is 1.62. The zero-order valence-electron chi connectivity index (χ0n) is 10.3. The molecule has 1 aliphatic carbocycles. The Kier molecular flexibility index (Phi) is 2.71. The fraction of sp³-hybridized carbons (Fsp3) is 0.571. The molecule has 0 bridgehead atoms. The van der Waals surface area contributed by atoms with Crippen LogP contribution in [0.15, 0.2) is 18.2 Å². The van der Waals surface area contributed by atoms with Gasteiger partial charge in [-0.1, -0.05) is 6.07 Å². The summed E-state index contributed by atoms with van der Waals surface area (Å²) in [5.74, 6) is 1.82. The molecule has 1 N–H and O–H groups in total. The Balaban J connectivity index is 1.76. The largest absolute Gasteiger partial charge is 0.489 e. The molecule has 1 heterocycles. The first-order valence-corrected chi connectivity index (χ1v) is 6.34. The van der Waals surface area contributed by atoms with E-state index in [1.54, 1.807) is 0 Å². The topological polar surface area (TPSA) is 30.5 Å². The molecule has 1 fully saturated rings. The monoisotopic (exact) mass is 233 g/mol. The van der Waals surface area contributed by atoms with E-state index in [1.807, 2.05) is 13.1 Å². The molecule has 1 aromatic carbocycles. The van der Waals surface area contributed by atoms with Gasteiger partial charge in [0.2, 0.25) is 0 Å². The molecule has 17 heavy (non-hydrogen) atoms. The molecule has 3 nitrogen and oxygen atoms in total. The average molecular weight is 233 g/mol. The maximum Gasteiger partial charge on any atom is 0.161 e. The maximum atomic E-state index is 5.90. The van der Waals surface area contributed by atoms with Crippen molar-refractivity contribution in [1.29, 1.82) is 0 Å². The van der Waals surface area contributed by atoms with Gasteiger partial charge in [-0.2, -0.15) is 0 Å². The van der Waals surface area contributed by atoms with Gasteiger partial charge in [-0.25, -0.2) is 0 Å². The van der Waals surface area contributed by atoms with Crippen LogP contribution in [0.5, 0.6) is 11.5 Å². The number of benzene rings is 1. The highest BCUT2D eigenvalue weighted by Gasteiger charge is 2.46. The van der Waals surface area contributed by atoms with Crippen LogP contribution in [0, 0.1) is 5.41 Å². The lowest BCUT2D eigenvalue weighted by Gasteiger charge is -2.09. The van der Waals surface area contributed by atoms with E-state index < -0.39 is 0 Å². The summed E-state index contributed by atoms with van der Waals surface area (Å²) >= 11 is 0. The summed E-state index contributed by atoms with van der Waals surface area (Å²) in [6.07, 6.45) is 3.51. The third kappa shape index (κ3) is 2.25. The van der Waals surface area contributed by atoms with Gasteiger partial charge in [0, 0.05) is 5.41 Å². The van der Waals surface area contributed by atoms with Gasteiger partial charge in [-0.15, -0.1) is 0 Å². The van der Waals surface area contributed by atoms with Crippen LogP contribution in [0.4, 0.5) is 0 Å². The molecule has 0 aromatic heterocycles. The molecular weight excluding hydrogens is 214 g/mol. The first-order chi connectivity index (χ1) is 8.31. The first kappa shape index (κ1) is 10.9. The van der Waals surface area contributed by atoms with Crippen molar-refractivity contribution in [3.8, 4) is 11.5 Å². The maximum absolute atomic E-state index is 5.90. The quantitative estimate of drug-likeness (QED) is 0.866. The van der Waals surface area contributed by atoms with Gasteiger partial charge in [-0.3, -0.25) is 0 Å². The molecular formula is C14H19NO2. The van der Waals surface area contributed by atoms with Crippen molar-refractivity contribution < 1.29 is 9.47 Å². The highest BCUT2D eigenvalue weighted by molar-refractivity contribution is 5.43. The predicted octanol–water partition coefficient (Wildman–Crippen LogP) is 2.00. The van der Waals surface area contributed by atoms with E-state index in [0.717, 1.165) is 37.7 Å². The van der Waals surface area contributed by atoms with Gasteiger partial charge in [0.25, 0.3) is 0 Å². The number of fused-ring (bicyclic) bond motifs is 1. The number of hydrogen-bond acceptors (Lipinski definition) is 3. The summed E-state index contributed by atoms with van der Waals surface area (Å²) in [6, 6.07) is 6.29. The van der Waals surface area contributed by atoms with Crippen LogP contribution in [0.2, 0.25) is 0 Å². The number of likely N-dealkylation sites (N-methyl/N-ethyl adjacent to an activating group) is 1. The van der Waals surface area contributed by atoms with Gasteiger partial charge in [0.15, 0.2) is 11.5 Å². The Labute approximate surface area is 102 Å². The van der Waals surface area contributed by atoms with Gasteiger partial charge in [0.05, 0.1) is 13.2 Å². The summed E-state index contributed by atoms with van der Waals surface area (Å²) in [4.78, 5) is 0. The van der Waals surface area contributed by atoms with Gasteiger partial charge >= 0.3 is 0 Å². The average Bonchev–Trinajstić information content (AvgIpc) is 3.15. The Morgan fingerprint density at radius 3 is 2.65 bits per heavy atom. The van der Waals surface area contributed by atoms with E-state index in [-0.39, 0.29) is 0 Å². The van der Waals surface area contributed by atoms with Gasteiger partial charge in [0.1, 0.15) is 0 Å². The second-order valence-corrected chi connectivity index (χ2v) is 5.21. The molecule has 0 atom stereocenters. The Morgan fingerprint density at radius 1 is 1.18 bits per heavy atom. The highest BCUT2D eigenvalue weighted by Crippen LogP contribution is 2.49. The fourth-order valence-electron chi connectivity index (χ4n) is 2.18. The minimum Gasteiger partial charge on any atom is -0.489 e. The SMILES string of the molecule is CNCCc1ccc2c(c1)OCC1(CC1)CO2. The van der Waals surface area contributed by atoms with Crippen LogP contribution in [0.3, 0.4) is 0 Å². The molecule has 0 radical (unpaired) electrons. The Hall–Kier alpha value is -1.22. The summed E-state index contributed by atoms with van der Waals surface area (Å²) in [6.45, 7) is 2.62. The molecule has 1 aromatic rings. The molecule has 0 saturated heterocycles. The van der Waals surface area contributed by atoms with E-state index >= 15 is 0 Å². The lowest BCUT2D eigenvalue weighted by atomic mass is 10.1. The summed E-state index contributed by atoms with van der Waals surface area (Å²) in [5, 5.41) is 3.16. The molecule has 3 rings (SSSR count). The van der Waals surface area contributed by atoms with Gasteiger partial charge < -0.3 is 14.8 Å². The van der Waals surface area contributed by atoms with Crippen LogP contribution >= 0.6 is 0 Å². The highest BCUT2D eigenvalue weighted by atomic mass is 16.5. The van der Waals surface area contributed by atoms with Crippen molar-refractivity contribution in [2.75, 3.05) is 26.8 Å². The third-order valence-corrected chi connectivity index (χ3v) is 3.70. The van der Waals surface area contributed by atoms with Crippen molar-refractivity contribution in [3.63, 3.8) is 0 Å². The van der Waals surface area contributed by atoms with Crippen LogP contribution in [-0.4, -0.2) is 26.8 Å². The van der Waals surface area contributed by atoms with Crippen molar-refractivity contribution >= 4 is 0 Å². The first-order valence-electron chi connectivity index (χ1n) is 6.34. The van der Waals surface area contributed by atoms with Crippen LogP contribution < -0.4 is 14.8 Å². The zero-order chi connectivity index (χ0) is 11.7. The van der Waals surface area contributed by atoms with E-state index in [1.165, 1.54) is 18.4 Å². The van der Waals surface area contributed by atoms with Crippen LogP contribution in [0.1, 0.15) is 18.4 Å². The molecule has 3 heteroatoms. The zero-order valence-corrected chi connectivity index (χ0v) is 10.3. The molecule has 92 valence electrons. The second kappa shape index (κ2) is 4.22. The van der Waals surface area contributed by atoms with Crippen LogP contribution in [-0.2, 0) is 6.42 Å². The van der Waals surface area contributed by atoms with Gasteiger partial charge in [-0.05, 0) is 50.6 Å².